The van der Waals surface area contributed by atoms with E-state index in [0.29, 0.717) is 6.54 Å². The predicted octanol–water partition coefficient (Wildman–Crippen LogP) is 5.35. The lowest BCUT2D eigenvalue weighted by molar-refractivity contribution is 0.257. The molecule has 0 fully saturated rings. The second-order valence-corrected chi connectivity index (χ2v) is 6.81. The van der Waals surface area contributed by atoms with Crippen molar-refractivity contribution in [1.29, 1.82) is 0 Å². The van der Waals surface area contributed by atoms with Crippen LogP contribution in [0.4, 0.5) is 16.2 Å². The van der Waals surface area contributed by atoms with Crippen LogP contribution in [0, 0.1) is 6.92 Å². The summed E-state index contributed by atoms with van der Waals surface area (Å²) in [5, 5.41) is 3.07. The summed E-state index contributed by atoms with van der Waals surface area (Å²) in [7, 11) is 0. The average molecular weight is 310 g/mol. The van der Waals surface area contributed by atoms with Crippen LogP contribution in [0.1, 0.15) is 38.8 Å². The van der Waals surface area contributed by atoms with Crippen LogP contribution < -0.4 is 10.2 Å². The van der Waals surface area contributed by atoms with Crippen LogP contribution in [0.25, 0.3) is 0 Å². The zero-order valence-corrected chi connectivity index (χ0v) is 14.7. The summed E-state index contributed by atoms with van der Waals surface area (Å²) in [5.41, 5.74) is 4.04. The molecule has 0 spiro atoms. The summed E-state index contributed by atoms with van der Waals surface area (Å²) in [6.07, 6.45) is 0. The number of benzene rings is 2. The Hall–Kier alpha value is -2.29. The fourth-order valence-corrected chi connectivity index (χ4v) is 2.67. The number of rotatable bonds is 3. The van der Waals surface area contributed by atoms with Crippen molar-refractivity contribution in [3.63, 3.8) is 0 Å². The van der Waals surface area contributed by atoms with Gasteiger partial charge in [-0.05, 0) is 48.6 Å². The van der Waals surface area contributed by atoms with Crippen LogP contribution in [-0.2, 0) is 5.41 Å². The quantitative estimate of drug-likeness (QED) is 0.814. The number of hydrogen-bond donors (Lipinski definition) is 1. The smallest absolute Gasteiger partial charge is 0.307 e. The Labute approximate surface area is 139 Å². The molecular formula is C20H26N2O. The van der Waals surface area contributed by atoms with Crippen LogP contribution in [0.2, 0.25) is 0 Å². The monoisotopic (exact) mass is 310 g/mol. The maximum atomic E-state index is 12.7. The Morgan fingerprint density at radius 3 is 2.39 bits per heavy atom. The molecule has 0 aliphatic heterocycles. The standard InChI is InChI=1S/C20H26N2O/c1-6-22(16-11-9-10-15(2)14-16)19(23)21-18-13-8-7-12-17(18)20(3,4)5/h7-14H,6H2,1-5H3,(H,21,23). The average Bonchev–Trinajstić information content (AvgIpc) is 2.47. The van der Waals surface area contributed by atoms with Crippen molar-refractivity contribution in [2.24, 2.45) is 0 Å². The third kappa shape index (κ3) is 4.13. The minimum atomic E-state index is -0.102. The molecule has 0 radical (unpaired) electrons. The van der Waals surface area contributed by atoms with Crippen molar-refractivity contribution in [1.82, 2.24) is 0 Å². The van der Waals surface area contributed by atoms with Gasteiger partial charge in [-0.25, -0.2) is 4.79 Å². The van der Waals surface area contributed by atoms with Gasteiger partial charge in [0, 0.05) is 17.9 Å². The molecule has 1 N–H and O–H groups in total. The third-order valence-electron chi connectivity index (χ3n) is 3.85. The Balaban J connectivity index is 2.28. The van der Waals surface area contributed by atoms with Gasteiger partial charge in [0.25, 0.3) is 0 Å². The van der Waals surface area contributed by atoms with Crippen molar-refractivity contribution in [2.45, 2.75) is 40.0 Å². The molecular weight excluding hydrogens is 284 g/mol. The molecule has 0 saturated carbocycles. The highest BCUT2D eigenvalue weighted by molar-refractivity contribution is 6.02. The van der Waals surface area contributed by atoms with Gasteiger partial charge in [-0.3, -0.25) is 4.90 Å². The lowest BCUT2D eigenvalue weighted by atomic mass is 9.86. The molecule has 3 nitrogen and oxygen atoms in total. The van der Waals surface area contributed by atoms with Gasteiger partial charge in [0.05, 0.1) is 0 Å². The van der Waals surface area contributed by atoms with E-state index in [1.165, 1.54) is 0 Å². The number of hydrogen-bond acceptors (Lipinski definition) is 1. The van der Waals surface area contributed by atoms with Crippen molar-refractivity contribution in [3.8, 4) is 0 Å². The van der Waals surface area contributed by atoms with Gasteiger partial charge in [0.15, 0.2) is 0 Å². The number of amides is 2. The Bertz CT molecular complexity index is 686. The number of urea groups is 1. The Kier molecular flexibility index (Phi) is 5.09. The summed E-state index contributed by atoms with van der Waals surface area (Å²) in [5.74, 6) is 0. The first-order chi connectivity index (χ1) is 10.8. The maximum absolute atomic E-state index is 12.7. The first-order valence-corrected chi connectivity index (χ1v) is 8.07. The Morgan fingerprint density at radius 2 is 1.78 bits per heavy atom. The van der Waals surface area contributed by atoms with E-state index in [-0.39, 0.29) is 11.4 Å². The predicted molar refractivity (Wildman–Crippen MR) is 98.4 cm³/mol. The SMILES string of the molecule is CCN(C(=O)Nc1ccccc1C(C)(C)C)c1cccc(C)c1. The highest BCUT2D eigenvalue weighted by atomic mass is 16.2. The van der Waals surface area contributed by atoms with E-state index in [4.69, 9.17) is 0 Å². The first-order valence-electron chi connectivity index (χ1n) is 8.07. The number of nitrogens with zero attached hydrogens (tertiary/aromatic N) is 1. The van der Waals surface area contributed by atoms with Gasteiger partial charge in [-0.2, -0.15) is 0 Å². The zero-order chi connectivity index (χ0) is 17.0. The molecule has 0 saturated heterocycles. The van der Waals surface area contributed by atoms with Crippen LogP contribution in [-0.4, -0.2) is 12.6 Å². The van der Waals surface area contributed by atoms with Gasteiger partial charge in [0.2, 0.25) is 0 Å². The first kappa shape index (κ1) is 17.1. The van der Waals surface area contributed by atoms with Crippen molar-refractivity contribution in [2.75, 3.05) is 16.8 Å². The number of anilines is 2. The number of carbonyl (C=O) groups is 1. The molecule has 0 heterocycles. The van der Waals surface area contributed by atoms with Gasteiger partial charge in [0.1, 0.15) is 0 Å². The fourth-order valence-electron chi connectivity index (χ4n) is 2.67. The van der Waals surface area contributed by atoms with E-state index < -0.39 is 0 Å². The van der Waals surface area contributed by atoms with Crippen LogP contribution in [0.15, 0.2) is 48.5 Å². The van der Waals surface area contributed by atoms with E-state index in [9.17, 15) is 4.79 Å². The zero-order valence-electron chi connectivity index (χ0n) is 14.7. The fraction of sp³-hybridized carbons (Fsp3) is 0.350. The molecule has 23 heavy (non-hydrogen) atoms. The number of carbonyl (C=O) groups excluding carboxylic acids is 1. The van der Waals surface area contributed by atoms with Crippen LogP contribution in [0.5, 0.6) is 0 Å². The van der Waals surface area contributed by atoms with E-state index in [2.05, 4.69) is 32.2 Å². The third-order valence-corrected chi connectivity index (χ3v) is 3.85. The van der Waals surface area contributed by atoms with E-state index in [0.717, 1.165) is 22.5 Å². The minimum Gasteiger partial charge on any atom is -0.307 e. The number of aryl methyl sites for hydroxylation is 1. The van der Waals surface area contributed by atoms with Crippen LogP contribution in [0.3, 0.4) is 0 Å². The highest BCUT2D eigenvalue weighted by Gasteiger charge is 2.20. The molecule has 2 aromatic rings. The van der Waals surface area contributed by atoms with Gasteiger partial charge in [-0.1, -0.05) is 51.1 Å². The molecule has 0 atom stereocenters. The summed E-state index contributed by atoms with van der Waals surface area (Å²) < 4.78 is 0. The molecule has 2 aromatic carbocycles. The molecule has 0 bridgehead atoms. The Morgan fingerprint density at radius 1 is 1.09 bits per heavy atom. The lowest BCUT2D eigenvalue weighted by Crippen LogP contribution is -2.35. The summed E-state index contributed by atoms with van der Waals surface area (Å²) in [6.45, 7) is 11.1. The second-order valence-electron chi connectivity index (χ2n) is 6.81. The van der Waals surface area contributed by atoms with Crippen LogP contribution >= 0.6 is 0 Å². The molecule has 0 aliphatic carbocycles. The van der Waals surface area contributed by atoms with E-state index in [1.54, 1.807) is 4.90 Å². The van der Waals surface area contributed by atoms with E-state index >= 15 is 0 Å². The largest absolute Gasteiger partial charge is 0.326 e. The van der Waals surface area contributed by atoms with Crippen molar-refractivity contribution < 1.29 is 4.79 Å². The number of nitrogens with one attached hydrogen (secondary N) is 1. The van der Waals surface area contributed by atoms with Gasteiger partial charge in [-0.15, -0.1) is 0 Å². The molecule has 2 rings (SSSR count). The maximum Gasteiger partial charge on any atom is 0.326 e. The molecule has 122 valence electrons. The highest BCUT2D eigenvalue weighted by Crippen LogP contribution is 2.29. The normalized spacial score (nSPS) is 11.2. The topological polar surface area (TPSA) is 32.3 Å². The molecule has 0 aliphatic rings. The molecule has 0 unspecified atom stereocenters. The van der Waals surface area contributed by atoms with Crippen molar-refractivity contribution in [3.05, 3.63) is 59.7 Å². The van der Waals surface area contributed by atoms with Crippen molar-refractivity contribution >= 4 is 17.4 Å². The molecule has 2 amide bonds. The molecule has 3 heteroatoms. The summed E-state index contributed by atoms with van der Waals surface area (Å²) >= 11 is 0. The van der Waals surface area contributed by atoms with Gasteiger partial charge >= 0.3 is 6.03 Å². The van der Waals surface area contributed by atoms with E-state index in [1.807, 2.05) is 56.3 Å². The summed E-state index contributed by atoms with van der Waals surface area (Å²) in [6, 6.07) is 15.9. The van der Waals surface area contributed by atoms with Gasteiger partial charge < -0.3 is 5.32 Å². The minimum absolute atomic E-state index is 0.0236. The summed E-state index contributed by atoms with van der Waals surface area (Å²) in [4.78, 5) is 14.5. The molecule has 0 aromatic heterocycles. The number of para-hydroxylation sites is 1. The lowest BCUT2D eigenvalue weighted by Gasteiger charge is -2.26. The second kappa shape index (κ2) is 6.86.